The van der Waals surface area contributed by atoms with Crippen molar-refractivity contribution in [2.75, 3.05) is 0 Å². The fourth-order valence-electron chi connectivity index (χ4n) is 1.34. The van der Waals surface area contributed by atoms with Crippen molar-refractivity contribution in [2.24, 2.45) is 4.99 Å². The molecule has 0 bridgehead atoms. The third kappa shape index (κ3) is 2.86. The monoisotopic (exact) mass is 166 g/mol. The number of carbonyl (C=O) groups is 1. The number of ketones is 1. The fourth-order valence-corrected chi connectivity index (χ4v) is 1.34. The van der Waals surface area contributed by atoms with Crippen LogP contribution in [-0.2, 0) is 4.79 Å². The standard InChI is InChI=1S/C9H14N2O/c1-10-6-7-11-8-2-4-9(12)5-3-8/h6-8,11H,1-5H2/b7-6-. The number of Topliss-reactive ketones (excluding diaryl/α,β-unsaturated/α-hetero) is 1. The summed E-state index contributed by atoms with van der Waals surface area (Å²) in [5, 5.41) is 3.18. The first-order valence-corrected chi connectivity index (χ1v) is 4.21. The Bertz CT molecular complexity index is 189. The Morgan fingerprint density at radius 1 is 1.50 bits per heavy atom. The number of nitrogens with one attached hydrogen (secondary N) is 1. The maximum atomic E-state index is 10.9. The smallest absolute Gasteiger partial charge is 0.133 e. The van der Waals surface area contributed by atoms with Crippen molar-refractivity contribution in [2.45, 2.75) is 31.7 Å². The number of aliphatic imine (C=N–C) groups is 1. The Morgan fingerprint density at radius 2 is 2.17 bits per heavy atom. The Hall–Kier alpha value is -1.12. The van der Waals surface area contributed by atoms with Crippen molar-refractivity contribution >= 4 is 12.5 Å². The highest BCUT2D eigenvalue weighted by atomic mass is 16.1. The SMILES string of the molecule is C=N/C=C\NC1CCC(=O)CC1. The molecule has 1 aliphatic carbocycles. The minimum absolute atomic E-state index is 0.388. The zero-order chi connectivity index (χ0) is 8.81. The van der Waals surface area contributed by atoms with Crippen molar-refractivity contribution in [3.05, 3.63) is 12.4 Å². The number of hydrogen-bond acceptors (Lipinski definition) is 3. The second-order valence-electron chi connectivity index (χ2n) is 2.98. The predicted octanol–water partition coefficient (Wildman–Crippen LogP) is 1.26. The summed E-state index contributed by atoms with van der Waals surface area (Å²) in [6, 6.07) is 0.445. The topological polar surface area (TPSA) is 41.5 Å². The van der Waals surface area contributed by atoms with Crippen LogP contribution in [0.4, 0.5) is 0 Å². The van der Waals surface area contributed by atoms with Crippen LogP contribution >= 0.6 is 0 Å². The average molecular weight is 166 g/mol. The Labute approximate surface area is 72.6 Å². The predicted molar refractivity (Wildman–Crippen MR) is 49.1 cm³/mol. The van der Waals surface area contributed by atoms with E-state index in [0.29, 0.717) is 24.7 Å². The van der Waals surface area contributed by atoms with Crippen LogP contribution in [0.15, 0.2) is 17.4 Å². The molecule has 0 aromatic heterocycles. The first-order valence-electron chi connectivity index (χ1n) is 4.21. The third-order valence-electron chi connectivity index (χ3n) is 2.06. The molecule has 1 saturated carbocycles. The van der Waals surface area contributed by atoms with Crippen molar-refractivity contribution < 1.29 is 4.79 Å². The second-order valence-corrected chi connectivity index (χ2v) is 2.98. The Balaban J connectivity index is 2.21. The van der Waals surface area contributed by atoms with Gasteiger partial charge in [0.05, 0.1) is 0 Å². The molecule has 0 saturated heterocycles. The summed E-state index contributed by atoms with van der Waals surface area (Å²) in [7, 11) is 0. The normalized spacial score (nSPS) is 19.8. The molecule has 0 amide bonds. The number of hydrogen-bond donors (Lipinski definition) is 1. The largest absolute Gasteiger partial charge is 0.387 e. The van der Waals surface area contributed by atoms with Gasteiger partial charge in [-0.15, -0.1) is 0 Å². The van der Waals surface area contributed by atoms with Crippen LogP contribution in [0, 0.1) is 0 Å². The highest BCUT2D eigenvalue weighted by Crippen LogP contribution is 2.14. The van der Waals surface area contributed by atoms with E-state index in [4.69, 9.17) is 0 Å². The molecule has 0 aliphatic heterocycles. The van der Waals surface area contributed by atoms with E-state index in [9.17, 15) is 4.79 Å². The van der Waals surface area contributed by atoms with E-state index in [2.05, 4.69) is 17.0 Å². The summed E-state index contributed by atoms with van der Waals surface area (Å²) in [6.45, 7) is 3.32. The van der Waals surface area contributed by atoms with E-state index in [1.807, 2.05) is 0 Å². The summed E-state index contributed by atoms with van der Waals surface area (Å²) in [5.74, 6) is 0.388. The van der Waals surface area contributed by atoms with Crippen LogP contribution in [0.1, 0.15) is 25.7 Å². The molecule has 3 heteroatoms. The molecule has 0 heterocycles. The van der Waals surface area contributed by atoms with Gasteiger partial charge < -0.3 is 5.32 Å². The van der Waals surface area contributed by atoms with Crippen molar-refractivity contribution in [3.63, 3.8) is 0 Å². The molecule has 1 fully saturated rings. The zero-order valence-electron chi connectivity index (χ0n) is 7.12. The van der Waals surface area contributed by atoms with Crippen LogP contribution < -0.4 is 5.32 Å². The molecule has 1 N–H and O–H groups in total. The van der Waals surface area contributed by atoms with Gasteiger partial charge in [-0.2, -0.15) is 0 Å². The molecule has 3 nitrogen and oxygen atoms in total. The molecule has 1 rings (SSSR count). The second kappa shape index (κ2) is 4.70. The minimum Gasteiger partial charge on any atom is -0.387 e. The van der Waals surface area contributed by atoms with Gasteiger partial charge in [-0.3, -0.25) is 9.79 Å². The van der Waals surface area contributed by atoms with Gasteiger partial charge in [-0.1, -0.05) is 0 Å². The molecule has 0 radical (unpaired) electrons. The molecule has 0 spiro atoms. The van der Waals surface area contributed by atoms with Gasteiger partial charge in [0.15, 0.2) is 0 Å². The number of rotatable bonds is 3. The lowest BCUT2D eigenvalue weighted by molar-refractivity contribution is -0.120. The molecular formula is C9H14N2O. The fraction of sp³-hybridized carbons (Fsp3) is 0.556. The van der Waals surface area contributed by atoms with Gasteiger partial charge in [0.25, 0.3) is 0 Å². The number of nitrogens with zero attached hydrogens (tertiary/aromatic N) is 1. The van der Waals surface area contributed by atoms with Gasteiger partial charge in [0.1, 0.15) is 5.78 Å². The Kier molecular flexibility index (Phi) is 3.51. The van der Waals surface area contributed by atoms with E-state index in [1.54, 1.807) is 12.4 Å². The summed E-state index contributed by atoms with van der Waals surface area (Å²) in [6.07, 6.45) is 6.73. The summed E-state index contributed by atoms with van der Waals surface area (Å²) >= 11 is 0. The number of carbonyl (C=O) groups excluding carboxylic acids is 1. The maximum absolute atomic E-state index is 10.9. The lowest BCUT2D eigenvalue weighted by Gasteiger charge is -2.20. The van der Waals surface area contributed by atoms with Crippen LogP contribution in [0.5, 0.6) is 0 Å². The molecule has 0 unspecified atom stereocenters. The van der Waals surface area contributed by atoms with Gasteiger partial charge in [0.2, 0.25) is 0 Å². The zero-order valence-corrected chi connectivity index (χ0v) is 7.12. The summed E-state index contributed by atoms with van der Waals surface area (Å²) in [4.78, 5) is 14.4. The maximum Gasteiger partial charge on any atom is 0.133 e. The third-order valence-corrected chi connectivity index (χ3v) is 2.06. The van der Waals surface area contributed by atoms with Crippen molar-refractivity contribution in [1.82, 2.24) is 5.32 Å². The van der Waals surface area contributed by atoms with Gasteiger partial charge in [-0.25, -0.2) is 0 Å². The van der Waals surface area contributed by atoms with Crippen molar-refractivity contribution in [3.8, 4) is 0 Å². The van der Waals surface area contributed by atoms with Gasteiger partial charge >= 0.3 is 0 Å². The molecule has 12 heavy (non-hydrogen) atoms. The van der Waals surface area contributed by atoms with Crippen LogP contribution in [0.25, 0.3) is 0 Å². The van der Waals surface area contributed by atoms with Crippen molar-refractivity contribution in [1.29, 1.82) is 0 Å². The van der Waals surface area contributed by atoms with Gasteiger partial charge in [0, 0.05) is 31.3 Å². The minimum atomic E-state index is 0.388. The van der Waals surface area contributed by atoms with Crippen LogP contribution in [0.2, 0.25) is 0 Å². The quantitative estimate of drug-likeness (QED) is 0.641. The Morgan fingerprint density at radius 3 is 2.75 bits per heavy atom. The highest BCUT2D eigenvalue weighted by molar-refractivity contribution is 5.79. The molecule has 0 aromatic rings. The van der Waals surface area contributed by atoms with E-state index in [0.717, 1.165) is 12.8 Å². The first-order chi connectivity index (χ1) is 5.83. The van der Waals surface area contributed by atoms with E-state index in [-0.39, 0.29) is 0 Å². The van der Waals surface area contributed by atoms with E-state index >= 15 is 0 Å². The summed E-state index contributed by atoms with van der Waals surface area (Å²) in [5.41, 5.74) is 0. The lowest BCUT2D eigenvalue weighted by Crippen LogP contribution is -2.29. The molecule has 0 atom stereocenters. The highest BCUT2D eigenvalue weighted by Gasteiger charge is 2.16. The average Bonchev–Trinajstić information content (AvgIpc) is 2.09. The lowest BCUT2D eigenvalue weighted by atomic mass is 9.95. The van der Waals surface area contributed by atoms with Crippen LogP contribution in [-0.4, -0.2) is 18.5 Å². The molecule has 0 aromatic carbocycles. The molecule has 66 valence electrons. The van der Waals surface area contributed by atoms with Crippen LogP contribution in [0.3, 0.4) is 0 Å². The molecular weight excluding hydrogens is 152 g/mol. The van der Waals surface area contributed by atoms with E-state index in [1.165, 1.54) is 0 Å². The molecule has 1 aliphatic rings. The van der Waals surface area contributed by atoms with E-state index < -0.39 is 0 Å². The van der Waals surface area contributed by atoms with Gasteiger partial charge in [-0.05, 0) is 19.6 Å². The first kappa shape index (κ1) is 8.97. The summed E-state index contributed by atoms with van der Waals surface area (Å²) < 4.78 is 0.